The van der Waals surface area contributed by atoms with Crippen LogP contribution in [0.5, 0.6) is 5.75 Å². The van der Waals surface area contributed by atoms with E-state index >= 15 is 0 Å². The summed E-state index contributed by atoms with van der Waals surface area (Å²) in [5.41, 5.74) is 8.44. The van der Waals surface area contributed by atoms with E-state index in [1.807, 2.05) is 36.4 Å². The number of aromatic nitrogens is 1. The third-order valence-corrected chi connectivity index (χ3v) is 4.24. The van der Waals surface area contributed by atoms with Crippen LogP contribution in [0.2, 0.25) is 0 Å². The van der Waals surface area contributed by atoms with E-state index in [1.54, 1.807) is 31.4 Å². The summed E-state index contributed by atoms with van der Waals surface area (Å²) in [6.45, 7) is 0. The minimum Gasteiger partial charge on any atom is -0.497 e. The number of ketones is 1. The number of methoxy groups -OCH3 is 1. The van der Waals surface area contributed by atoms with Gasteiger partial charge in [0.25, 0.3) is 0 Å². The van der Waals surface area contributed by atoms with Crippen LogP contribution >= 0.6 is 0 Å². The van der Waals surface area contributed by atoms with Crippen LogP contribution in [0.25, 0.3) is 21.7 Å². The van der Waals surface area contributed by atoms with Gasteiger partial charge >= 0.3 is 0 Å². The van der Waals surface area contributed by atoms with Crippen LogP contribution in [0.1, 0.15) is 16.1 Å². The predicted octanol–water partition coefficient (Wildman–Crippen LogP) is 4.14. The molecule has 0 saturated carbocycles. The molecule has 0 bridgehead atoms. The first-order valence-corrected chi connectivity index (χ1v) is 7.65. The summed E-state index contributed by atoms with van der Waals surface area (Å²) in [5.74, 6) is 0.767. The first-order valence-electron chi connectivity index (χ1n) is 7.65. The Labute approximate surface area is 138 Å². The molecule has 118 valence electrons. The molecule has 0 saturated heterocycles. The van der Waals surface area contributed by atoms with Crippen LogP contribution in [0.15, 0.2) is 60.7 Å². The maximum absolute atomic E-state index is 12.7. The molecule has 0 atom stereocenters. The van der Waals surface area contributed by atoms with E-state index in [1.165, 1.54) is 0 Å². The van der Waals surface area contributed by atoms with Crippen molar-refractivity contribution in [3.8, 4) is 5.75 Å². The molecule has 0 fully saturated rings. The molecule has 0 aliphatic carbocycles. The van der Waals surface area contributed by atoms with E-state index in [0.717, 1.165) is 27.4 Å². The van der Waals surface area contributed by atoms with Gasteiger partial charge < -0.3 is 15.5 Å². The fourth-order valence-electron chi connectivity index (χ4n) is 2.96. The smallest absolute Gasteiger partial charge is 0.209 e. The summed E-state index contributed by atoms with van der Waals surface area (Å²) < 4.78 is 5.27. The summed E-state index contributed by atoms with van der Waals surface area (Å²) >= 11 is 0. The maximum Gasteiger partial charge on any atom is 0.209 e. The second kappa shape index (κ2) is 5.42. The van der Waals surface area contributed by atoms with Crippen molar-refractivity contribution in [2.24, 2.45) is 0 Å². The predicted molar refractivity (Wildman–Crippen MR) is 96.6 cm³/mol. The van der Waals surface area contributed by atoms with Gasteiger partial charge in [0.15, 0.2) is 0 Å². The Morgan fingerprint density at radius 1 is 0.958 bits per heavy atom. The van der Waals surface area contributed by atoms with Crippen LogP contribution in [0.4, 0.5) is 5.69 Å². The average Bonchev–Trinajstić information content (AvgIpc) is 3.06. The highest BCUT2D eigenvalue weighted by Crippen LogP contribution is 2.29. The number of hydrogen-bond acceptors (Lipinski definition) is 3. The monoisotopic (exact) mass is 316 g/mol. The number of anilines is 1. The molecule has 1 aromatic heterocycles. The third-order valence-electron chi connectivity index (χ3n) is 4.24. The van der Waals surface area contributed by atoms with Crippen molar-refractivity contribution in [2.75, 3.05) is 12.8 Å². The van der Waals surface area contributed by atoms with Crippen LogP contribution in [-0.2, 0) is 0 Å². The summed E-state index contributed by atoms with van der Waals surface area (Å²) in [6, 6.07) is 18.8. The first kappa shape index (κ1) is 14.3. The fourth-order valence-corrected chi connectivity index (χ4v) is 2.96. The van der Waals surface area contributed by atoms with Crippen LogP contribution < -0.4 is 10.5 Å². The van der Waals surface area contributed by atoms with Crippen molar-refractivity contribution in [3.05, 3.63) is 71.9 Å². The lowest BCUT2D eigenvalue weighted by atomic mass is 10.0. The second-order valence-corrected chi connectivity index (χ2v) is 5.75. The van der Waals surface area contributed by atoms with Crippen LogP contribution in [0, 0.1) is 0 Å². The zero-order chi connectivity index (χ0) is 16.7. The molecular formula is C20H16N2O2. The number of hydrogen-bond donors (Lipinski definition) is 2. The lowest BCUT2D eigenvalue weighted by molar-refractivity contribution is 0.103. The number of nitrogens with two attached hydrogens (primary N) is 1. The van der Waals surface area contributed by atoms with Crippen molar-refractivity contribution < 1.29 is 9.53 Å². The number of benzene rings is 3. The fraction of sp³-hybridized carbons (Fsp3) is 0.0500. The molecule has 1 heterocycles. The van der Waals surface area contributed by atoms with E-state index < -0.39 is 0 Å². The standard InChI is InChI=1S/C20H16N2O2/c1-24-15-7-8-16-13(10-15)4-9-18-17(16)11-19(22-18)20(23)12-2-5-14(21)6-3-12/h2-11,22H,21H2,1H3. The summed E-state index contributed by atoms with van der Waals surface area (Å²) in [4.78, 5) is 15.9. The van der Waals surface area contributed by atoms with Crippen molar-refractivity contribution in [1.82, 2.24) is 4.98 Å². The molecule has 4 aromatic rings. The van der Waals surface area contributed by atoms with E-state index in [0.29, 0.717) is 16.9 Å². The lowest BCUT2D eigenvalue weighted by Gasteiger charge is -2.03. The van der Waals surface area contributed by atoms with Gasteiger partial charge in [-0.3, -0.25) is 4.79 Å². The molecule has 4 rings (SSSR count). The summed E-state index contributed by atoms with van der Waals surface area (Å²) in [5, 5.41) is 3.18. The van der Waals surface area contributed by atoms with Crippen molar-refractivity contribution in [3.63, 3.8) is 0 Å². The molecule has 0 amide bonds. The van der Waals surface area contributed by atoms with E-state index in [-0.39, 0.29) is 5.78 Å². The van der Waals surface area contributed by atoms with Gasteiger partial charge in [-0.2, -0.15) is 0 Å². The molecule has 4 heteroatoms. The van der Waals surface area contributed by atoms with Crippen LogP contribution in [-0.4, -0.2) is 17.9 Å². The van der Waals surface area contributed by atoms with Crippen molar-refractivity contribution >= 4 is 33.1 Å². The SMILES string of the molecule is COc1ccc2c(ccc3[nH]c(C(=O)c4ccc(N)cc4)cc32)c1. The summed E-state index contributed by atoms with van der Waals surface area (Å²) in [7, 11) is 1.65. The number of rotatable bonds is 3. The van der Waals surface area contributed by atoms with E-state index in [9.17, 15) is 4.79 Å². The van der Waals surface area contributed by atoms with E-state index in [2.05, 4.69) is 4.98 Å². The minimum atomic E-state index is -0.0483. The van der Waals surface area contributed by atoms with Gasteiger partial charge in [0, 0.05) is 22.2 Å². The Hall–Kier alpha value is -3.27. The summed E-state index contributed by atoms with van der Waals surface area (Å²) in [6.07, 6.45) is 0. The molecule has 0 aliphatic heterocycles. The Morgan fingerprint density at radius 3 is 2.50 bits per heavy atom. The molecule has 0 unspecified atom stereocenters. The van der Waals surface area contributed by atoms with E-state index in [4.69, 9.17) is 10.5 Å². The third kappa shape index (κ3) is 2.29. The van der Waals surface area contributed by atoms with Crippen molar-refractivity contribution in [2.45, 2.75) is 0 Å². The Kier molecular flexibility index (Phi) is 3.24. The zero-order valence-corrected chi connectivity index (χ0v) is 13.2. The van der Waals surface area contributed by atoms with Gasteiger partial charge in [0.1, 0.15) is 5.75 Å². The molecule has 3 N–H and O–H groups in total. The number of nitrogen functional groups attached to an aromatic ring is 1. The average molecular weight is 316 g/mol. The topological polar surface area (TPSA) is 68.1 Å². The molecule has 0 aliphatic rings. The van der Waals surface area contributed by atoms with Crippen molar-refractivity contribution in [1.29, 1.82) is 0 Å². The number of aromatic amines is 1. The second-order valence-electron chi connectivity index (χ2n) is 5.75. The van der Waals surface area contributed by atoms with Gasteiger partial charge in [-0.25, -0.2) is 0 Å². The van der Waals surface area contributed by atoms with Gasteiger partial charge in [0.2, 0.25) is 5.78 Å². The number of H-pyrrole nitrogens is 1. The van der Waals surface area contributed by atoms with Crippen LogP contribution in [0.3, 0.4) is 0 Å². The van der Waals surface area contributed by atoms with Gasteiger partial charge in [-0.15, -0.1) is 0 Å². The van der Waals surface area contributed by atoms with Gasteiger partial charge in [0.05, 0.1) is 12.8 Å². The molecule has 24 heavy (non-hydrogen) atoms. The lowest BCUT2D eigenvalue weighted by Crippen LogP contribution is -2.01. The number of ether oxygens (including phenoxy) is 1. The number of carbonyl (C=O) groups excluding carboxylic acids is 1. The Balaban J connectivity index is 1.84. The molecular weight excluding hydrogens is 300 g/mol. The van der Waals surface area contributed by atoms with Gasteiger partial charge in [-0.05, 0) is 59.3 Å². The molecule has 0 radical (unpaired) electrons. The minimum absolute atomic E-state index is 0.0483. The number of nitrogens with one attached hydrogen (secondary N) is 1. The normalized spacial score (nSPS) is 11.0. The molecule has 0 spiro atoms. The highest BCUT2D eigenvalue weighted by Gasteiger charge is 2.13. The highest BCUT2D eigenvalue weighted by molar-refractivity contribution is 6.14. The number of carbonyl (C=O) groups is 1. The number of fused-ring (bicyclic) bond motifs is 3. The molecule has 3 aromatic carbocycles. The Morgan fingerprint density at radius 2 is 1.75 bits per heavy atom. The quantitative estimate of drug-likeness (QED) is 0.441. The maximum atomic E-state index is 12.7. The molecule has 4 nitrogen and oxygen atoms in total. The Bertz CT molecular complexity index is 1060. The highest BCUT2D eigenvalue weighted by atomic mass is 16.5. The first-order chi connectivity index (χ1) is 11.7. The zero-order valence-electron chi connectivity index (χ0n) is 13.2. The van der Waals surface area contributed by atoms with Gasteiger partial charge in [-0.1, -0.05) is 12.1 Å². The largest absolute Gasteiger partial charge is 0.497 e.